The quantitative estimate of drug-likeness (QED) is 0.268. The van der Waals surface area contributed by atoms with Crippen LogP contribution in [0.1, 0.15) is 63.0 Å². The van der Waals surface area contributed by atoms with Crippen LogP contribution in [0.3, 0.4) is 0 Å². The van der Waals surface area contributed by atoms with Gasteiger partial charge in [0.05, 0.1) is 5.60 Å². The highest BCUT2D eigenvalue weighted by molar-refractivity contribution is 6.30. The Balaban J connectivity index is 1.96. The maximum absolute atomic E-state index is 13.0. The second-order valence-electron chi connectivity index (χ2n) is 10.8. The molecule has 4 aromatic rings. The van der Waals surface area contributed by atoms with Crippen LogP contribution < -0.4 is 0 Å². The van der Waals surface area contributed by atoms with Crippen molar-refractivity contribution in [2.75, 3.05) is 0 Å². The number of ketones is 1. The average molecular weight is 525 g/mol. The number of carbonyl (C=O) groups is 1. The summed E-state index contributed by atoms with van der Waals surface area (Å²) in [5.74, 6) is 6.14. The number of ether oxygens (including phenoxy) is 1. The zero-order valence-corrected chi connectivity index (χ0v) is 23.5. The van der Waals surface area contributed by atoms with Gasteiger partial charge in [-0.1, -0.05) is 78.0 Å². The second-order valence-corrected chi connectivity index (χ2v) is 11.3. The van der Waals surface area contributed by atoms with E-state index in [9.17, 15) is 9.90 Å². The molecule has 0 saturated carbocycles. The van der Waals surface area contributed by atoms with Crippen LogP contribution in [0, 0.1) is 18.8 Å². The molecule has 3 nitrogen and oxygen atoms in total. The van der Waals surface area contributed by atoms with Gasteiger partial charge in [-0.05, 0) is 104 Å². The monoisotopic (exact) mass is 524 g/mol. The van der Waals surface area contributed by atoms with Gasteiger partial charge >= 0.3 is 0 Å². The van der Waals surface area contributed by atoms with Crippen LogP contribution in [-0.4, -0.2) is 16.5 Å². The summed E-state index contributed by atoms with van der Waals surface area (Å²) in [4.78, 5) is 13.0. The predicted octanol–water partition coefficient (Wildman–Crippen LogP) is 8.17. The molecule has 0 aliphatic rings. The highest BCUT2D eigenvalue weighted by atomic mass is 35.5. The molecule has 0 fully saturated rings. The van der Waals surface area contributed by atoms with Crippen LogP contribution in [0.5, 0.6) is 0 Å². The SMILES string of the molecule is CC(=O)C(OC(C)(C)C)c1c(C)cc2ccc(C#C[C@](C)(O)c3ccccc3)cc2c1-c1ccc(Cl)cc1. The van der Waals surface area contributed by atoms with Crippen molar-refractivity contribution in [1.29, 1.82) is 0 Å². The first kappa shape index (κ1) is 27.6. The molecule has 0 spiro atoms. The molecule has 0 amide bonds. The maximum atomic E-state index is 13.0. The van der Waals surface area contributed by atoms with Gasteiger partial charge in [0.2, 0.25) is 0 Å². The molecule has 38 heavy (non-hydrogen) atoms. The molecule has 0 radical (unpaired) electrons. The van der Waals surface area contributed by atoms with E-state index in [1.807, 2.05) is 100 Å². The Hall–Kier alpha value is -3.42. The molecule has 0 aliphatic heterocycles. The third kappa shape index (κ3) is 6.17. The van der Waals surface area contributed by atoms with E-state index in [0.717, 1.165) is 44.2 Å². The smallest absolute Gasteiger partial charge is 0.163 e. The number of hydrogen-bond donors (Lipinski definition) is 1. The summed E-state index contributed by atoms with van der Waals surface area (Å²) in [7, 11) is 0. The number of hydrogen-bond acceptors (Lipinski definition) is 3. The van der Waals surface area contributed by atoms with Gasteiger partial charge in [0.1, 0.15) is 11.7 Å². The first-order valence-electron chi connectivity index (χ1n) is 12.7. The fourth-order valence-electron chi connectivity index (χ4n) is 4.62. The molecule has 0 heterocycles. The molecule has 0 aromatic heterocycles. The number of aliphatic hydroxyl groups is 1. The molecule has 194 valence electrons. The first-order chi connectivity index (χ1) is 17.9. The second kappa shape index (κ2) is 10.8. The number of halogens is 1. The molecule has 4 heteroatoms. The van der Waals surface area contributed by atoms with Crippen LogP contribution in [0.25, 0.3) is 21.9 Å². The van der Waals surface area contributed by atoms with E-state index < -0.39 is 17.3 Å². The Morgan fingerprint density at radius 2 is 1.61 bits per heavy atom. The Kier molecular flexibility index (Phi) is 7.81. The van der Waals surface area contributed by atoms with Gasteiger partial charge in [-0.25, -0.2) is 0 Å². The predicted molar refractivity (Wildman–Crippen MR) is 156 cm³/mol. The minimum atomic E-state index is -1.30. The van der Waals surface area contributed by atoms with E-state index in [-0.39, 0.29) is 5.78 Å². The fraction of sp³-hybridized carbons (Fsp3) is 0.265. The lowest BCUT2D eigenvalue weighted by Gasteiger charge is -2.29. The van der Waals surface area contributed by atoms with Gasteiger partial charge in [0.25, 0.3) is 0 Å². The largest absolute Gasteiger partial charge is 0.374 e. The standard InChI is InChI=1S/C34H33ClO3/c1-22-20-26-13-12-24(18-19-34(6,37)27-10-8-7-9-11-27)21-29(26)31(25-14-16-28(35)17-15-25)30(22)32(23(2)36)38-33(3,4)5/h7-17,20-21,32,37H,1-6H3/t32?,34-/m0/s1. The van der Waals surface area contributed by atoms with Gasteiger partial charge in [-0.2, -0.15) is 0 Å². The van der Waals surface area contributed by atoms with E-state index in [2.05, 4.69) is 17.9 Å². The zero-order valence-electron chi connectivity index (χ0n) is 22.7. The summed E-state index contributed by atoms with van der Waals surface area (Å²) < 4.78 is 6.34. The summed E-state index contributed by atoms with van der Waals surface area (Å²) in [6, 6.07) is 25.1. The molecule has 1 unspecified atom stereocenters. The molecule has 0 aliphatic carbocycles. The molecule has 2 atom stereocenters. The van der Waals surface area contributed by atoms with E-state index in [4.69, 9.17) is 16.3 Å². The third-order valence-electron chi connectivity index (χ3n) is 6.41. The molecule has 0 saturated heterocycles. The summed E-state index contributed by atoms with van der Waals surface area (Å²) in [5.41, 5.74) is 3.33. The third-order valence-corrected chi connectivity index (χ3v) is 6.66. The van der Waals surface area contributed by atoms with Crippen LogP contribution >= 0.6 is 11.6 Å². The molecular weight excluding hydrogens is 492 g/mol. The van der Waals surface area contributed by atoms with Gasteiger partial charge in [0, 0.05) is 10.6 Å². The van der Waals surface area contributed by atoms with Crippen molar-refractivity contribution in [3.63, 3.8) is 0 Å². The Labute approximate surface area is 230 Å². The van der Waals surface area contributed by atoms with Crippen LogP contribution in [-0.2, 0) is 15.1 Å². The van der Waals surface area contributed by atoms with Gasteiger partial charge < -0.3 is 9.84 Å². The summed E-state index contributed by atoms with van der Waals surface area (Å²) in [6.07, 6.45) is -0.737. The molecular formula is C34H33ClO3. The lowest BCUT2D eigenvalue weighted by atomic mass is 9.85. The van der Waals surface area contributed by atoms with Gasteiger partial charge in [-0.15, -0.1) is 0 Å². The van der Waals surface area contributed by atoms with Gasteiger partial charge in [0.15, 0.2) is 5.78 Å². The number of benzene rings is 4. The molecule has 4 aromatic carbocycles. The summed E-state index contributed by atoms with van der Waals surface area (Å²) >= 11 is 6.23. The molecule has 4 rings (SSSR count). The lowest BCUT2D eigenvalue weighted by molar-refractivity contribution is -0.138. The van der Waals surface area contributed by atoms with Crippen molar-refractivity contribution in [3.8, 4) is 23.0 Å². The van der Waals surface area contributed by atoms with Crippen molar-refractivity contribution in [1.82, 2.24) is 0 Å². The van der Waals surface area contributed by atoms with Crippen LogP contribution in [0.2, 0.25) is 5.02 Å². The minimum absolute atomic E-state index is 0.0626. The van der Waals surface area contributed by atoms with Crippen molar-refractivity contribution < 1.29 is 14.6 Å². The van der Waals surface area contributed by atoms with E-state index >= 15 is 0 Å². The topological polar surface area (TPSA) is 46.5 Å². The summed E-state index contributed by atoms with van der Waals surface area (Å²) in [5, 5.41) is 13.6. The highest BCUT2D eigenvalue weighted by Gasteiger charge is 2.29. The number of aryl methyl sites for hydroxylation is 1. The normalized spacial score (nSPS) is 13.9. The highest BCUT2D eigenvalue weighted by Crippen LogP contribution is 2.41. The van der Waals surface area contributed by atoms with E-state index in [0.29, 0.717) is 5.02 Å². The Morgan fingerprint density at radius 3 is 2.21 bits per heavy atom. The number of Topliss-reactive ketones (excluding diaryl/α,β-unsaturated/α-hetero) is 1. The maximum Gasteiger partial charge on any atom is 0.163 e. The Morgan fingerprint density at radius 1 is 0.947 bits per heavy atom. The van der Waals surface area contributed by atoms with E-state index in [1.165, 1.54) is 0 Å². The lowest BCUT2D eigenvalue weighted by Crippen LogP contribution is -2.27. The van der Waals surface area contributed by atoms with Crippen molar-refractivity contribution >= 4 is 28.2 Å². The van der Waals surface area contributed by atoms with Gasteiger partial charge in [-0.3, -0.25) is 4.79 Å². The first-order valence-corrected chi connectivity index (χ1v) is 13.1. The number of rotatable bonds is 5. The van der Waals surface area contributed by atoms with Crippen LogP contribution in [0.4, 0.5) is 0 Å². The van der Waals surface area contributed by atoms with Crippen LogP contribution in [0.15, 0.2) is 78.9 Å². The van der Waals surface area contributed by atoms with Crippen molar-refractivity contribution in [2.45, 2.75) is 58.8 Å². The number of fused-ring (bicyclic) bond motifs is 1. The zero-order chi connectivity index (χ0) is 27.7. The fourth-order valence-corrected chi connectivity index (χ4v) is 4.75. The molecule has 0 bridgehead atoms. The Bertz CT molecular complexity index is 1530. The van der Waals surface area contributed by atoms with E-state index in [1.54, 1.807) is 13.8 Å². The average Bonchev–Trinajstić information content (AvgIpc) is 2.86. The minimum Gasteiger partial charge on any atom is -0.374 e. The van der Waals surface area contributed by atoms with Crippen molar-refractivity contribution in [2.24, 2.45) is 0 Å². The molecule has 1 N–H and O–H groups in total. The van der Waals surface area contributed by atoms with Crippen molar-refractivity contribution in [3.05, 3.63) is 106 Å². The number of carbonyl (C=O) groups excluding carboxylic acids is 1. The summed E-state index contributed by atoms with van der Waals surface area (Å²) in [6.45, 7) is 11.1.